The van der Waals surface area contributed by atoms with Crippen LogP contribution in [0.4, 0.5) is 5.69 Å². The minimum absolute atomic E-state index is 0.459. The zero-order valence-corrected chi connectivity index (χ0v) is 13.0. The molecule has 0 radical (unpaired) electrons. The van der Waals surface area contributed by atoms with Crippen molar-refractivity contribution in [2.24, 2.45) is 0 Å². The van der Waals surface area contributed by atoms with Gasteiger partial charge in [-0.05, 0) is 50.9 Å². The van der Waals surface area contributed by atoms with Crippen LogP contribution in [0, 0.1) is 13.8 Å². The number of aryl methyl sites for hydroxylation is 1. The molecule has 1 aromatic rings. The molecule has 1 rings (SSSR count). The Morgan fingerprint density at radius 1 is 1.26 bits per heavy atom. The van der Waals surface area contributed by atoms with Gasteiger partial charge in [-0.25, -0.2) is 8.42 Å². The summed E-state index contributed by atoms with van der Waals surface area (Å²) in [5.41, 5.74) is 2.72. The van der Waals surface area contributed by atoms with E-state index in [1.165, 1.54) is 0 Å². The van der Waals surface area contributed by atoms with Gasteiger partial charge < -0.3 is 5.32 Å². The van der Waals surface area contributed by atoms with Crippen molar-refractivity contribution in [1.82, 2.24) is 5.32 Å². The van der Waals surface area contributed by atoms with Crippen LogP contribution in [0.25, 0.3) is 0 Å². The minimum atomic E-state index is -3.35. The van der Waals surface area contributed by atoms with Gasteiger partial charge in [-0.1, -0.05) is 19.1 Å². The highest BCUT2D eigenvalue weighted by atomic mass is 32.2. The second-order valence-corrected chi connectivity index (χ2v) is 7.01. The van der Waals surface area contributed by atoms with E-state index in [1.807, 2.05) is 26.0 Å². The van der Waals surface area contributed by atoms with E-state index >= 15 is 0 Å². The third-order valence-electron chi connectivity index (χ3n) is 3.25. The Morgan fingerprint density at radius 3 is 2.58 bits per heavy atom. The third-order valence-corrected chi connectivity index (χ3v) is 4.98. The average molecular weight is 284 g/mol. The molecule has 0 aliphatic heterocycles. The van der Waals surface area contributed by atoms with Crippen LogP contribution >= 0.6 is 0 Å². The quantitative estimate of drug-likeness (QED) is 0.756. The Morgan fingerprint density at radius 2 is 1.95 bits per heavy atom. The highest BCUT2D eigenvalue weighted by Gasteiger charge is 2.20. The highest BCUT2D eigenvalue weighted by Crippen LogP contribution is 2.20. The maximum absolute atomic E-state index is 12.2. The molecule has 4 nitrogen and oxygen atoms in total. The topological polar surface area (TPSA) is 58.2 Å². The fraction of sp³-hybridized carbons (Fsp3) is 0.571. The molecule has 0 aliphatic carbocycles. The Hall–Kier alpha value is -1.07. The van der Waals surface area contributed by atoms with Crippen LogP contribution in [0.5, 0.6) is 0 Å². The van der Waals surface area contributed by atoms with E-state index in [-0.39, 0.29) is 0 Å². The predicted octanol–water partition coefficient (Wildman–Crippen LogP) is 2.43. The third kappa shape index (κ3) is 4.51. The Bertz CT molecular complexity index is 512. The van der Waals surface area contributed by atoms with Crippen molar-refractivity contribution in [1.29, 1.82) is 0 Å². The first-order valence-corrected chi connectivity index (χ1v) is 8.21. The smallest absolute Gasteiger partial charge is 0.236 e. The van der Waals surface area contributed by atoms with Gasteiger partial charge in [-0.15, -0.1) is 0 Å². The van der Waals surface area contributed by atoms with Gasteiger partial charge in [0.1, 0.15) is 0 Å². The maximum atomic E-state index is 12.2. The van der Waals surface area contributed by atoms with E-state index in [0.29, 0.717) is 12.2 Å². The van der Waals surface area contributed by atoms with Crippen LogP contribution in [0.1, 0.15) is 31.4 Å². The van der Waals surface area contributed by atoms with Gasteiger partial charge in [-0.2, -0.15) is 0 Å². The SMILES string of the molecule is CCCNCC(C)S(=O)(=O)Nc1cccc(C)c1C. The van der Waals surface area contributed by atoms with Crippen molar-refractivity contribution in [3.63, 3.8) is 0 Å². The molecule has 0 aliphatic rings. The molecular formula is C14H24N2O2S. The van der Waals surface area contributed by atoms with E-state index in [1.54, 1.807) is 13.0 Å². The largest absolute Gasteiger partial charge is 0.315 e. The number of anilines is 1. The number of benzene rings is 1. The van der Waals surface area contributed by atoms with E-state index in [9.17, 15) is 8.42 Å². The van der Waals surface area contributed by atoms with Crippen LogP contribution in [0.3, 0.4) is 0 Å². The lowest BCUT2D eigenvalue weighted by molar-refractivity contribution is 0.575. The van der Waals surface area contributed by atoms with E-state index in [2.05, 4.69) is 17.0 Å². The number of sulfonamides is 1. The summed E-state index contributed by atoms with van der Waals surface area (Å²) in [6, 6.07) is 5.63. The second kappa shape index (κ2) is 6.91. The molecule has 2 N–H and O–H groups in total. The first kappa shape index (κ1) is 16.0. The summed E-state index contributed by atoms with van der Waals surface area (Å²) < 4.78 is 27.1. The van der Waals surface area contributed by atoms with Crippen LogP contribution in [0.2, 0.25) is 0 Å². The fourth-order valence-corrected chi connectivity index (χ4v) is 2.77. The van der Waals surface area contributed by atoms with Crippen molar-refractivity contribution in [2.45, 2.75) is 39.4 Å². The van der Waals surface area contributed by atoms with Crippen LogP contribution in [-0.4, -0.2) is 26.8 Å². The molecule has 0 saturated carbocycles. The van der Waals surface area contributed by atoms with Crippen LogP contribution in [0.15, 0.2) is 18.2 Å². The van der Waals surface area contributed by atoms with Crippen LogP contribution in [-0.2, 0) is 10.0 Å². The Balaban J connectivity index is 2.76. The number of hydrogen-bond acceptors (Lipinski definition) is 3. The van der Waals surface area contributed by atoms with Gasteiger partial charge in [0, 0.05) is 6.54 Å². The second-order valence-electron chi connectivity index (χ2n) is 4.91. The van der Waals surface area contributed by atoms with Gasteiger partial charge in [0.2, 0.25) is 10.0 Å². The zero-order chi connectivity index (χ0) is 14.5. The zero-order valence-electron chi connectivity index (χ0n) is 12.2. The van der Waals surface area contributed by atoms with E-state index in [4.69, 9.17) is 0 Å². The van der Waals surface area contributed by atoms with Crippen LogP contribution < -0.4 is 10.0 Å². The summed E-state index contributed by atoms with van der Waals surface area (Å²) in [6.45, 7) is 8.97. The summed E-state index contributed by atoms with van der Waals surface area (Å²) in [5, 5.41) is 2.67. The summed E-state index contributed by atoms with van der Waals surface area (Å²) in [5.74, 6) is 0. The molecule has 0 amide bonds. The Kier molecular flexibility index (Phi) is 5.82. The maximum Gasteiger partial charge on any atom is 0.236 e. The summed E-state index contributed by atoms with van der Waals surface area (Å²) in [7, 11) is -3.35. The van der Waals surface area contributed by atoms with E-state index in [0.717, 1.165) is 24.1 Å². The molecule has 0 fully saturated rings. The van der Waals surface area contributed by atoms with Gasteiger partial charge in [0.25, 0.3) is 0 Å². The lowest BCUT2D eigenvalue weighted by Gasteiger charge is -2.17. The van der Waals surface area contributed by atoms with Crippen molar-refractivity contribution in [3.05, 3.63) is 29.3 Å². The molecule has 108 valence electrons. The van der Waals surface area contributed by atoms with Crippen molar-refractivity contribution >= 4 is 15.7 Å². The van der Waals surface area contributed by atoms with Gasteiger partial charge in [0.05, 0.1) is 10.9 Å². The predicted molar refractivity (Wildman–Crippen MR) is 81.1 cm³/mol. The molecule has 19 heavy (non-hydrogen) atoms. The lowest BCUT2D eigenvalue weighted by Crippen LogP contribution is -2.35. The molecule has 0 aromatic heterocycles. The van der Waals surface area contributed by atoms with E-state index < -0.39 is 15.3 Å². The minimum Gasteiger partial charge on any atom is -0.315 e. The average Bonchev–Trinajstić information content (AvgIpc) is 2.35. The molecule has 5 heteroatoms. The normalized spacial score (nSPS) is 13.3. The Labute approximate surface area is 116 Å². The summed E-state index contributed by atoms with van der Waals surface area (Å²) in [4.78, 5) is 0. The highest BCUT2D eigenvalue weighted by molar-refractivity contribution is 7.93. The molecular weight excluding hydrogens is 260 g/mol. The van der Waals surface area contributed by atoms with Crippen molar-refractivity contribution in [2.75, 3.05) is 17.8 Å². The number of rotatable bonds is 7. The molecule has 0 spiro atoms. The van der Waals surface area contributed by atoms with Gasteiger partial charge in [-0.3, -0.25) is 4.72 Å². The molecule has 1 unspecified atom stereocenters. The summed E-state index contributed by atoms with van der Waals surface area (Å²) >= 11 is 0. The molecule has 0 saturated heterocycles. The van der Waals surface area contributed by atoms with Gasteiger partial charge >= 0.3 is 0 Å². The number of hydrogen-bond donors (Lipinski definition) is 2. The van der Waals surface area contributed by atoms with Gasteiger partial charge in [0.15, 0.2) is 0 Å². The molecule has 0 bridgehead atoms. The molecule has 0 heterocycles. The number of nitrogens with one attached hydrogen (secondary N) is 2. The van der Waals surface area contributed by atoms with Crippen molar-refractivity contribution in [3.8, 4) is 0 Å². The first-order chi connectivity index (χ1) is 8.88. The fourth-order valence-electron chi connectivity index (χ4n) is 1.71. The summed E-state index contributed by atoms with van der Waals surface area (Å²) in [6.07, 6.45) is 0.997. The monoisotopic (exact) mass is 284 g/mol. The lowest BCUT2D eigenvalue weighted by atomic mass is 10.1. The molecule has 1 aromatic carbocycles. The van der Waals surface area contributed by atoms with Crippen molar-refractivity contribution < 1.29 is 8.42 Å². The molecule has 1 atom stereocenters. The first-order valence-electron chi connectivity index (χ1n) is 6.67. The standard InChI is InChI=1S/C14H24N2O2S/c1-5-9-15-10-12(3)19(17,18)16-14-8-6-7-11(2)13(14)4/h6-8,12,15-16H,5,9-10H2,1-4H3.